The fourth-order valence-electron chi connectivity index (χ4n) is 3.29. The molecule has 1 N–H and O–H groups in total. The lowest BCUT2D eigenvalue weighted by atomic mass is 9.79. The largest absolute Gasteiger partial charge is 0.481 e. The fraction of sp³-hybridized carbons (Fsp3) is 0.786. The Labute approximate surface area is 127 Å². The van der Waals surface area contributed by atoms with Gasteiger partial charge in [0.1, 0.15) is 6.10 Å². The molecular formula is C14H20N2O4S. The van der Waals surface area contributed by atoms with E-state index in [4.69, 9.17) is 14.4 Å². The Hall–Kier alpha value is -1.08. The second-order valence-electron chi connectivity index (χ2n) is 5.94. The highest BCUT2D eigenvalue weighted by Gasteiger charge is 2.38. The van der Waals surface area contributed by atoms with E-state index >= 15 is 0 Å². The van der Waals surface area contributed by atoms with Crippen molar-refractivity contribution in [3.8, 4) is 0 Å². The van der Waals surface area contributed by atoms with E-state index in [0.29, 0.717) is 24.7 Å². The third-order valence-electron chi connectivity index (χ3n) is 4.30. The number of thioether (sulfide) groups is 1. The molecule has 0 radical (unpaired) electrons. The van der Waals surface area contributed by atoms with Crippen molar-refractivity contribution in [3.05, 3.63) is 11.7 Å². The maximum Gasteiger partial charge on any atom is 0.303 e. The van der Waals surface area contributed by atoms with E-state index in [1.165, 1.54) is 0 Å². The predicted molar refractivity (Wildman–Crippen MR) is 77.2 cm³/mol. The lowest BCUT2D eigenvalue weighted by Gasteiger charge is -2.24. The van der Waals surface area contributed by atoms with Crippen LogP contribution in [0.1, 0.15) is 49.9 Å². The molecule has 1 unspecified atom stereocenters. The average Bonchev–Trinajstić information content (AvgIpc) is 3.09. The van der Waals surface area contributed by atoms with Crippen LogP contribution in [0.3, 0.4) is 0 Å². The second kappa shape index (κ2) is 6.36. The van der Waals surface area contributed by atoms with Gasteiger partial charge in [-0.25, -0.2) is 0 Å². The minimum atomic E-state index is -0.747. The van der Waals surface area contributed by atoms with E-state index < -0.39 is 5.97 Å². The number of carbonyl (C=O) groups is 1. The Kier molecular flexibility index (Phi) is 4.49. The summed E-state index contributed by atoms with van der Waals surface area (Å²) in [6, 6.07) is 0. The van der Waals surface area contributed by atoms with E-state index in [1.807, 2.05) is 11.8 Å². The van der Waals surface area contributed by atoms with E-state index in [-0.39, 0.29) is 17.9 Å². The molecule has 116 valence electrons. The maximum atomic E-state index is 11.1. The van der Waals surface area contributed by atoms with Gasteiger partial charge in [-0.1, -0.05) is 18.0 Å². The summed E-state index contributed by atoms with van der Waals surface area (Å²) in [7, 11) is 0. The van der Waals surface area contributed by atoms with Crippen LogP contribution in [0.5, 0.6) is 0 Å². The molecule has 3 rings (SSSR count). The Balaban J connectivity index is 1.68. The molecule has 2 heterocycles. The van der Waals surface area contributed by atoms with Gasteiger partial charge < -0.3 is 14.4 Å². The van der Waals surface area contributed by atoms with Crippen molar-refractivity contribution in [3.63, 3.8) is 0 Å². The second-order valence-corrected chi connectivity index (χ2v) is 7.08. The molecular weight excluding hydrogens is 292 g/mol. The first-order chi connectivity index (χ1) is 10.2. The van der Waals surface area contributed by atoms with Crippen molar-refractivity contribution in [2.75, 3.05) is 18.1 Å². The van der Waals surface area contributed by atoms with Gasteiger partial charge in [0.25, 0.3) is 0 Å². The predicted octanol–water partition coefficient (Wildman–Crippen LogP) is 2.45. The third kappa shape index (κ3) is 3.58. The van der Waals surface area contributed by atoms with Gasteiger partial charge in [-0.3, -0.25) is 4.79 Å². The Bertz CT molecular complexity index is 493. The summed E-state index contributed by atoms with van der Waals surface area (Å²) in [4.78, 5) is 15.6. The normalized spacial score (nSPS) is 25.0. The minimum absolute atomic E-state index is 0.0970. The van der Waals surface area contributed by atoms with Gasteiger partial charge in [0.15, 0.2) is 0 Å². The van der Waals surface area contributed by atoms with Gasteiger partial charge in [-0.2, -0.15) is 16.7 Å². The van der Waals surface area contributed by atoms with Gasteiger partial charge in [0.05, 0.1) is 13.0 Å². The quantitative estimate of drug-likeness (QED) is 0.893. The van der Waals surface area contributed by atoms with Crippen molar-refractivity contribution in [1.29, 1.82) is 0 Å². The minimum Gasteiger partial charge on any atom is -0.481 e. The highest BCUT2D eigenvalue weighted by atomic mass is 32.2. The zero-order valence-corrected chi connectivity index (χ0v) is 12.7. The number of hydrogen-bond donors (Lipinski definition) is 1. The van der Waals surface area contributed by atoms with Crippen molar-refractivity contribution < 1.29 is 19.2 Å². The number of aliphatic carboxylic acids is 1. The molecule has 21 heavy (non-hydrogen) atoms. The molecule has 6 nitrogen and oxygen atoms in total. The monoisotopic (exact) mass is 312 g/mol. The zero-order valence-electron chi connectivity index (χ0n) is 11.9. The first-order valence-corrected chi connectivity index (χ1v) is 8.56. The third-order valence-corrected chi connectivity index (χ3v) is 5.30. The molecule has 1 aromatic rings. The van der Waals surface area contributed by atoms with E-state index in [9.17, 15) is 4.79 Å². The molecule has 1 atom stereocenters. The number of nitrogens with zero attached hydrogens (tertiary/aromatic N) is 2. The molecule has 0 amide bonds. The first-order valence-electron chi connectivity index (χ1n) is 7.41. The van der Waals surface area contributed by atoms with Crippen molar-refractivity contribution in [1.82, 2.24) is 10.1 Å². The van der Waals surface area contributed by atoms with Crippen LogP contribution in [-0.2, 0) is 16.0 Å². The van der Waals surface area contributed by atoms with Gasteiger partial charge in [0.2, 0.25) is 11.7 Å². The molecule has 1 aromatic heterocycles. The average molecular weight is 312 g/mol. The zero-order chi connectivity index (χ0) is 14.7. The van der Waals surface area contributed by atoms with Crippen LogP contribution in [0.2, 0.25) is 0 Å². The molecule has 1 saturated carbocycles. The summed E-state index contributed by atoms with van der Waals surface area (Å²) in [5.41, 5.74) is -0.211. The smallest absolute Gasteiger partial charge is 0.303 e. The molecule has 1 aliphatic heterocycles. The number of carboxylic acids is 1. The number of hydrogen-bond acceptors (Lipinski definition) is 6. The molecule has 0 aromatic carbocycles. The number of aromatic nitrogens is 2. The summed E-state index contributed by atoms with van der Waals surface area (Å²) in [5.74, 6) is 2.25. The molecule has 2 fully saturated rings. The van der Waals surface area contributed by atoms with Crippen LogP contribution in [0.25, 0.3) is 0 Å². The summed E-state index contributed by atoms with van der Waals surface area (Å²) < 4.78 is 11.0. The standard InChI is InChI=1S/C14H20N2O4S/c17-12(18)8-14(3-1-2-4-14)7-11-15-13(16-20-11)10-9-21-6-5-19-10/h10H,1-9H2,(H,17,18). The van der Waals surface area contributed by atoms with E-state index in [0.717, 1.165) is 37.2 Å². The van der Waals surface area contributed by atoms with E-state index in [1.54, 1.807) is 0 Å². The van der Waals surface area contributed by atoms with Gasteiger partial charge in [0, 0.05) is 17.9 Å². The van der Waals surface area contributed by atoms with Crippen LogP contribution in [0.4, 0.5) is 0 Å². The van der Waals surface area contributed by atoms with Crippen LogP contribution < -0.4 is 0 Å². The van der Waals surface area contributed by atoms with Gasteiger partial charge in [-0.05, 0) is 18.3 Å². The highest BCUT2D eigenvalue weighted by molar-refractivity contribution is 7.99. The van der Waals surface area contributed by atoms with Crippen LogP contribution in [0.15, 0.2) is 4.52 Å². The number of rotatable bonds is 5. The summed E-state index contributed by atoms with van der Waals surface area (Å²) in [6.45, 7) is 0.710. The summed E-state index contributed by atoms with van der Waals surface area (Å²) >= 11 is 1.82. The number of carboxylic acid groups (broad SMARTS) is 1. The van der Waals surface area contributed by atoms with Crippen LogP contribution in [0, 0.1) is 5.41 Å². The summed E-state index contributed by atoms with van der Waals surface area (Å²) in [6.07, 6.45) is 4.65. The van der Waals surface area contributed by atoms with Gasteiger partial charge >= 0.3 is 5.97 Å². The van der Waals surface area contributed by atoms with Crippen molar-refractivity contribution in [2.24, 2.45) is 5.41 Å². The lowest BCUT2D eigenvalue weighted by molar-refractivity contribution is -0.139. The Morgan fingerprint density at radius 1 is 1.43 bits per heavy atom. The lowest BCUT2D eigenvalue weighted by Crippen LogP contribution is -2.24. The molecule has 0 spiro atoms. The number of ether oxygens (including phenoxy) is 1. The highest BCUT2D eigenvalue weighted by Crippen LogP contribution is 2.43. The van der Waals surface area contributed by atoms with Crippen LogP contribution >= 0.6 is 11.8 Å². The molecule has 0 bridgehead atoms. The van der Waals surface area contributed by atoms with Crippen molar-refractivity contribution in [2.45, 2.75) is 44.6 Å². The fourth-order valence-corrected chi connectivity index (χ4v) is 4.13. The molecule has 2 aliphatic rings. The summed E-state index contributed by atoms with van der Waals surface area (Å²) in [5, 5.41) is 13.2. The first kappa shape index (κ1) is 14.8. The van der Waals surface area contributed by atoms with E-state index in [2.05, 4.69) is 10.1 Å². The SMILES string of the molecule is O=C(O)CC1(Cc2nc(C3CSCCO3)no2)CCCC1. The van der Waals surface area contributed by atoms with Crippen molar-refractivity contribution >= 4 is 17.7 Å². The molecule has 1 saturated heterocycles. The van der Waals surface area contributed by atoms with Crippen LogP contribution in [-0.4, -0.2) is 39.3 Å². The maximum absolute atomic E-state index is 11.1. The topological polar surface area (TPSA) is 85.5 Å². The van der Waals surface area contributed by atoms with Gasteiger partial charge in [-0.15, -0.1) is 0 Å². The Morgan fingerprint density at radius 3 is 2.90 bits per heavy atom. The Morgan fingerprint density at radius 2 is 2.24 bits per heavy atom. The molecule has 7 heteroatoms. The molecule has 1 aliphatic carbocycles.